The number of oxazole rings is 1. The van der Waals surface area contributed by atoms with Crippen LogP contribution in [0.1, 0.15) is 39.6 Å². The molecule has 0 atom stereocenters. The Hall–Kier alpha value is -3.94. The molecule has 3 aromatic heterocycles. The van der Waals surface area contributed by atoms with Gasteiger partial charge in [0.05, 0.1) is 18.4 Å². The van der Waals surface area contributed by atoms with Crippen LogP contribution in [0.3, 0.4) is 0 Å². The van der Waals surface area contributed by atoms with Crippen LogP contribution in [-0.4, -0.2) is 26.5 Å². The number of rotatable bonds is 6. The van der Waals surface area contributed by atoms with Gasteiger partial charge in [0, 0.05) is 25.6 Å². The smallest absolute Gasteiger partial charge is 0.278 e. The summed E-state index contributed by atoms with van der Waals surface area (Å²) in [4.78, 5) is 28.3. The number of carbonyl (C=O) groups excluding carboxylic acids is 2. The number of ketones is 1. The fourth-order valence-corrected chi connectivity index (χ4v) is 2.88. The van der Waals surface area contributed by atoms with Crippen LogP contribution in [0.15, 0.2) is 63.7 Å². The van der Waals surface area contributed by atoms with Crippen molar-refractivity contribution in [2.75, 3.05) is 5.32 Å². The first kappa shape index (κ1) is 18.4. The van der Waals surface area contributed by atoms with Crippen LogP contribution < -0.4 is 5.32 Å². The van der Waals surface area contributed by atoms with Gasteiger partial charge in [0.15, 0.2) is 28.9 Å². The largest absolute Gasteiger partial charge is 0.456 e. The van der Waals surface area contributed by atoms with Crippen molar-refractivity contribution in [1.82, 2.24) is 14.8 Å². The summed E-state index contributed by atoms with van der Waals surface area (Å²) in [5.74, 6) is 1.19. The summed E-state index contributed by atoms with van der Waals surface area (Å²) >= 11 is 0. The molecule has 0 unspecified atom stereocenters. The fraction of sp³-hybridized carbons (Fsp3) is 0.143. The highest BCUT2D eigenvalue weighted by Gasteiger charge is 2.20. The predicted molar refractivity (Wildman–Crippen MR) is 105 cm³/mol. The quantitative estimate of drug-likeness (QED) is 0.500. The summed E-state index contributed by atoms with van der Waals surface area (Å²) in [7, 11) is 0. The Morgan fingerprint density at radius 2 is 1.90 bits per heavy atom. The molecule has 0 aliphatic carbocycles. The molecule has 0 aliphatic heterocycles. The zero-order chi connectivity index (χ0) is 20.4. The van der Waals surface area contributed by atoms with E-state index < -0.39 is 5.91 Å². The molecule has 1 aromatic carbocycles. The molecule has 29 heavy (non-hydrogen) atoms. The summed E-state index contributed by atoms with van der Waals surface area (Å²) in [6.45, 7) is 3.47. The summed E-state index contributed by atoms with van der Waals surface area (Å²) in [5, 5.41) is 6.99. The number of carbonyl (C=O) groups is 2. The average Bonchev–Trinajstić information content (AvgIpc) is 3.43. The molecule has 0 aliphatic rings. The van der Waals surface area contributed by atoms with Crippen LogP contribution in [0.5, 0.6) is 0 Å². The molecule has 1 amide bonds. The van der Waals surface area contributed by atoms with Crippen LogP contribution >= 0.6 is 0 Å². The number of anilines is 1. The number of amides is 1. The molecule has 8 heteroatoms. The standard InChI is InChI=1S/C21H18N4O4/c1-13(26)18-9-8-17(29-18)12-25-11-16(10-22-25)24-21(27)19-20(28-14(2)23-19)15-6-4-3-5-7-15/h3-11H,12H2,1-2H3,(H,24,27). The summed E-state index contributed by atoms with van der Waals surface area (Å²) in [6, 6.07) is 12.7. The van der Waals surface area contributed by atoms with Crippen LogP contribution in [0.4, 0.5) is 5.69 Å². The van der Waals surface area contributed by atoms with E-state index in [1.165, 1.54) is 13.1 Å². The van der Waals surface area contributed by atoms with Crippen molar-refractivity contribution in [3.8, 4) is 11.3 Å². The predicted octanol–water partition coefficient (Wildman–Crippen LogP) is 3.94. The third-order valence-corrected chi connectivity index (χ3v) is 4.20. The highest BCUT2D eigenvalue weighted by molar-refractivity contribution is 6.06. The SMILES string of the molecule is CC(=O)c1ccc(Cn2cc(NC(=O)c3nc(C)oc3-c3ccccc3)cn2)o1. The first-order valence-corrected chi connectivity index (χ1v) is 8.96. The van der Waals surface area contributed by atoms with E-state index in [4.69, 9.17) is 8.83 Å². The van der Waals surface area contributed by atoms with Gasteiger partial charge in [-0.1, -0.05) is 30.3 Å². The third-order valence-electron chi connectivity index (χ3n) is 4.20. The first-order chi connectivity index (χ1) is 14.0. The number of aromatic nitrogens is 3. The molecular formula is C21H18N4O4. The number of nitrogens with zero attached hydrogens (tertiary/aromatic N) is 3. The minimum absolute atomic E-state index is 0.137. The Kier molecular flexibility index (Phi) is 4.82. The topological polar surface area (TPSA) is 103 Å². The molecule has 0 spiro atoms. The second-order valence-electron chi connectivity index (χ2n) is 6.48. The molecule has 4 rings (SSSR count). The number of aryl methyl sites for hydroxylation is 1. The number of benzene rings is 1. The Bertz CT molecular complexity index is 1170. The van der Waals surface area contributed by atoms with Gasteiger partial charge in [0.2, 0.25) is 0 Å². The lowest BCUT2D eigenvalue weighted by Gasteiger charge is -2.02. The fourth-order valence-electron chi connectivity index (χ4n) is 2.88. The van der Waals surface area contributed by atoms with Crippen LogP contribution in [-0.2, 0) is 6.54 Å². The van der Waals surface area contributed by atoms with E-state index in [2.05, 4.69) is 15.4 Å². The second-order valence-corrected chi connectivity index (χ2v) is 6.48. The van der Waals surface area contributed by atoms with Crippen molar-refractivity contribution in [2.24, 2.45) is 0 Å². The Morgan fingerprint density at radius 3 is 2.62 bits per heavy atom. The lowest BCUT2D eigenvalue weighted by molar-refractivity contribution is 0.0983. The third kappa shape index (κ3) is 4.01. The van der Waals surface area contributed by atoms with Gasteiger partial charge in [-0.25, -0.2) is 4.98 Å². The van der Waals surface area contributed by atoms with Crippen molar-refractivity contribution >= 4 is 17.4 Å². The maximum atomic E-state index is 12.7. The minimum atomic E-state index is -0.392. The highest BCUT2D eigenvalue weighted by Crippen LogP contribution is 2.25. The molecule has 0 bridgehead atoms. The number of hydrogen-bond acceptors (Lipinski definition) is 6. The zero-order valence-corrected chi connectivity index (χ0v) is 15.9. The molecular weight excluding hydrogens is 372 g/mol. The van der Waals surface area contributed by atoms with Gasteiger partial charge >= 0.3 is 0 Å². The van der Waals surface area contributed by atoms with Gasteiger partial charge in [-0.15, -0.1) is 0 Å². The van der Waals surface area contributed by atoms with Gasteiger partial charge in [0.25, 0.3) is 5.91 Å². The highest BCUT2D eigenvalue weighted by atomic mass is 16.4. The molecule has 4 aromatic rings. The van der Waals surface area contributed by atoms with E-state index in [1.807, 2.05) is 30.3 Å². The molecule has 0 fully saturated rings. The molecule has 0 saturated heterocycles. The van der Waals surface area contributed by atoms with Crippen molar-refractivity contribution < 1.29 is 18.4 Å². The van der Waals surface area contributed by atoms with Crippen molar-refractivity contribution in [1.29, 1.82) is 0 Å². The Balaban J connectivity index is 1.49. The number of furan rings is 1. The van der Waals surface area contributed by atoms with E-state index >= 15 is 0 Å². The van der Waals surface area contributed by atoms with Gasteiger partial charge in [-0.3, -0.25) is 14.3 Å². The van der Waals surface area contributed by atoms with Crippen LogP contribution in [0.25, 0.3) is 11.3 Å². The second kappa shape index (κ2) is 7.59. The molecule has 3 heterocycles. The van der Waals surface area contributed by atoms with E-state index in [0.717, 1.165) is 5.56 Å². The van der Waals surface area contributed by atoms with Gasteiger partial charge in [0.1, 0.15) is 5.76 Å². The molecule has 8 nitrogen and oxygen atoms in total. The molecule has 0 saturated carbocycles. The Morgan fingerprint density at radius 1 is 1.10 bits per heavy atom. The monoisotopic (exact) mass is 390 g/mol. The number of hydrogen-bond donors (Lipinski definition) is 1. The lowest BCUT2D eigenvalue weighted by Crippen LogP contribution is -2.13. The number of Topliss-reactive ketones (excluding diaryl/α,β-unsaturated/α-hetero) is 1. The average molecular weight is 390 g/mol. The Labute approximate surface area is 166 Å². The normalized spacial score (nSPS) is 10.8. The lowest BCUT2D eigenvalue weighted by atomic mass is 10.1. The summed E-state index contributed by atoms with van der Waals surface area (Å²) in [5.41, 5.74) is 1.49. The first-order valence-electron chi connectivity index (χ1n) is 8.96. The van der Waals surface area contributed by atoms with Gasteiger partial charge in [-0.2, -0.15) is 5.10 Å². The zero-order valence-electron chi connectivity index (χ0n) is 15.9. The van der Waals surface area contributed by atoms with Crippen LogP contribution in [0, 0.1) is 6.92 Å². The minimum Gasteiger partial charge on any atom is -0.456 e. The maximum absolute atomic E-state index is 12.7. The molecule has 0 radical (unpaired) electrons. The van der Waals surface area contributed by atoms with Crippen molar-refractivity contribution in [3.63, 3.8) is 0 Å². The van der Waals surface area contributed by atoms with Gasteiger partial charge in [-0.05, 0) is 12.1 Å². The maximum Gasteiger partial charge on any atom is 0.278 e. The molecule has 1 N–H and O–H groups in total. The summed E-state index contributed by atoms with van der Waals surface area (Å²) < 4.78 is 12.7. The van der Waals surface area contributed by atoms with Crippen molar-refractivity contribution in [2.45, 2.75) is 20.4 Å². The van der Waals surface area contributed by atoms with E-state index in [0.29, 0.717) is 35.4 Å². The summed E-state index contributed by atoms with van der Waals surface area (Å²) in [6.07, 6.45) is 3.20. The molecule has 146 valence electrons. The van der Waals surface area contributed by atoms with E-state index in [-0.39, 0.29) is 11.5 Å². The van der Waals surface area contributed by atoms with E-state index in [9.17, 15) is 9.59 Å². The van der Waals surface area contributed by atoms with Crippen molar-refractivity contribution in [3.05, 3.63) is 78.0 Å². The van der Waals surface area contributed by atoms with Gasteiger partial charge < -0.3 is 14.2 Å². The van der Waals surface area contributed by atoms with Crippen LogP contribution in [0.2, 0.25) is 0 Å². The van der Waals surface area contributed by atoms with E-state index in [1.54, 1.807) is 29.9 Å². The number of nitrogens with one attached hydrogen (secondary N) is 1.